The fourth-order valence-corrected chi connectivity index (χ4v) is 6.97. The first-order chi connectivity index (χ1) is 21.3. The third-order valence-corrected chi connectivity index (χ3v) is 9.33. The van der Waals surface area contributed by atoms with E-state index in [1.54, 1.807) is 0 Å². The number of methoxy groups -OCH3 is 2. The van der Waals surface area contributed by atoms with Gasteiger partial charge >= 0.3 is 5.91 Å². The maximum atomic E-state index is 14.6. The van der Waals surface area contributed by atoms with E-state index in [9.17, 15) is 24.2 Å². The molecule has 1 aliphatic rings. The first-order valence-corrected chi connectivity index (χ1v) is 15.1. The molecule has 0 spiro atoms. The van der Waals surface area contributed by atoms with Gasteiger partial charge in [-0.3, -0.25) is 14.5 Å². The molecule has 44 heavy (non-hydrogen) atoms. The average molecular weight is 630 g/mol. The van der Waals surface area contributed by atoms with Gasteiger partial charge in [-0.2, -0.15) is 0 Å². The number of aromatic nitrogens is 2. The Bertz CT molecular complexity index is 1950. The minimum atomic E-state index is -1.18. The number of halogens is 1. The molecule has 0 radical (unpaired) electrons. The van der Waals surface area contributed by atoms with Crippen LogP contribution in [0.25, 0.3) is 16.5 Å². The molecule has 2 N–H and O–H groups in total. The summed E-state index contributed by atoms with van der Waals surface area (Å²) in [5.41, 5.74) is 1.14. The maximum absolute atomic E-state index is 14.6. The predicted octanol–water partition coefficient (Wildman–Crippen LogP) is 6.47. The summed E-state index contributed by atoms with van der Waals surface area (Å²) in [5, 5.41) is 32.4. The molecule has 0 unspecified atom stereocenters. The first-order valence-electron chi connectivity index (χ1n) is 13.3. The monoisotopic (exact) mass is 629 g/mol. The van der Waals surface area contributed by atoms with Crippen LogP contribution < -0.4 is 14.4 Å². The van der Waals surface area contributed by atoms with Crippen LogP contribution in [0.15, 0.2) is 88.8 Å². The van der Waals surface area contributed by atoms with E-state index in [-0.39, 0.29) is 33.5 Å². The molecule has 5 aromatic rings. The van der Waals surface area contributed by atoms with Crippen LogP contribution in [0.3, 0.4) is 0 Å². The molecule has 1 saturated heterocycles. The number of phenolic OH excluding ortho intramolecular Hbond substituents is 1. The van der Waals surface area contributed by atoms with Crippen LogP contribution >= 0.6 is 23.1 Å². The number of benzene rings is 4. The van der Waals surface area contributed by atoms with Gasteiger partial charge < -0.3 is 19.7 Å². The number of phenols is 1. The summed E-state index contributed by atoms with van der Waals surface area (Å²) < 4.78 is 25.4. The third kappa shape index (κ3) is 5.22. The zero-order valence-corrected chi connectivity index (χ0v) is 25.0. The smallest absolute Gasteiger partial charge is 0.301 e. The van der Waals surface area contributed by atoms with Gasteiger partial charge in [0.2, 0.25) is 5.13 Å². The van der Waals surface area contributed by atoms with Crippen molar-refractivity contribution < 1.29 is 33.7 Å². The number of carbonyl (C=O) groups is 2. The number of fused-ring (bicyclic) bond motifs is 1. The summed E-state index contributed by atoms with van der Waals surface area (Å²) in [7, 11) is 2.67. The van der Waals surface area contributed by atoms with Gasteiger partial charge in [-0.1, -0.05) is 71.6 Å². The third-order valence-electron chi connectivity index (χ3n) is 7.22. The highest BCUT2D eigenvalue weighted by Crippen LogP contribution is 2.45. The SMILES string of the molecule is COc1cc([C@@H]2C(=C(O)c3ccc(OC)c(F)c3)C(=O)C(=O)N2c2nnc(SCc3cccc4ccccc34)s2)ccc1O. The fraction of sp³-hybridized carbons (Fsp3) is 0.125. The van der Waals surface area contributed by atoms with Gasteiger partial charge in [0, 0.05) is 11.3 Å². The molecule has 0 bridgehead atoms. The van der Waals surface area contributed by atoms with Crippen molar-refractivity contribution in [3.8, 4) is 17.2 Å². The summed E-state index contributed by atoms with van der Waals surface area (Å²) >= 11 is 2.56. The molecule has 1 aromatic heterocycles. The van der Waals surface area contributed by atoms with Crippen LogP contribution in [0.4, 0.5) is 9.52 Å². The van der Waals surface area contributed by atoms with E-state index >= 15 is 0 Å². The summed E-state index contributed by atoms with van der Waals surface area (Å²) in [6.07, 6.45) is 0. The Morgan fingerprint density at radius 2 is 1.75 bits per heavy atom. The minimum absolute atomic E-state index is 0.0272. The second-order valence-corrected chi connectivity index (χ2v) is 11.9. The average Bonchev–Trinajstić information content (AvgIpc) is 3.61. The van der Waals surface area contributed by atoms with E-state index in [2.05, 4.69) is 16.3 Å². The van der Waals surface area contributed by atoms with Gasteiger partial charge in [0.15, 0.2) is 27.4 Å². The number of hydrogen-bond donors (Lipinski definition) is 2. The zero-order valence-electron chi connectivity index (χ0n) is 23.4. The first kappa shape index (κ1) is 29.1. The highest BCUT2D eigenvalue weighted by atomic mass is 32.2. The Morgan fingerprint density at radius 3 is 2.52 bits per heavy atom. The summed E-state index contributed by atoms with van der Waals surface area (Å²) in [6, 6.07) is 21.0. The molecule has 222 valence electrons. The van der Waals surface area contributed by atoms with E-state index in [1.165, 1.54) is 56.3 Å². The molecule has 9 nitrogen and oxygen atoms in total. The summed E-state index contributed by atoms with van der Waals surface area (Å²) in [5.74, 6) is -2.80. The Balaban J connectivity index is 1.40. The van der Waals surface area contributed by atoms with E-state index in [0.717, 1.165) is 38.6 Å². The molecule has 0 saturated carbocycles. The molecule has 4 aromatic carbocycles. The number of rotatable bonds is 8. The van der Waals surface area contributed by atoms with Gasteiger partial charge in [-0.25, -0.2) is 4.39 Å². The number of nitrogens with zero attached hydrogens (tertiary/aromatic N) is 3. The minimum Gasteiger partial charge on any atom is -0.507 e. The van der Waals surface area contributed by atoms with Crippen molar-refractivity contribution in [3.63, 3.8) is 0 Å². The normalized spacial score (nSPS) is 16.1. The number of anilines is 1. The summed E-state index contributed by atoms with van der Waals surface area (Å²) in [4.78, 5) is 28.2. The lowest BCUT2D eigenvalue weighted by molar-refractivity contribution is -0.132. The van der Waals surface area contributed by atoms with Crippen molar-refractivity contribution in [2.75, 3.05) is 19.1 Å². The molecule has 0 aliphatic carbocycles. The molecule has 1 atom stereocenters. The van der Waals surface area contributed by atoms with Crippen LogP contribution in [0.5, 0.6) is 17.2 Å². The van der Waals surface area contributed by atoms with Gasteiger partial charge in [0.1, 0.15) is 5.76 Å². The predicted molar refractivity (Wildman–Crippen MR) is 166 cm³/mol. The number of carbonyl (C=O) groups excluding carboxylic acids is 2. The highest BCUT2D eigenvalue weighted by molar-refractivity contribution is 8.00. The Hall–Kier alpha value is -4.94. The molecule has 1 aliphatic heterocycles. The van der Waals surface area contributed by atoms with Gasteiger partial charge in [0.05, 0.1) is 25.8 Å². The maximum Gasteiger partial charge on any atom is 0.301 e. The van der Waals surface area contributed by atoms with Crippen LogP contribution in [0, 0.1) is 5.82 Å². The lowest BCUT2D eigenvalue weighted by atomic mass is 9.95. The van der Waals surface area contributed by atoms with Crippen molar-refractivity contribution in [3.05, 3.63) is 107 Å². The van der Waals surface area contributed by atoms with Crippen molar-refractivity contribution in [1.82, 2.24) is 10.2 Å². The Morgan fingerprint density at radius 1 is 0.977 bits per heavy atom. The zero-order chi connectivity index (χ0) is 31.0. The molecule has 12 heteroatoms. The lowest BCUT2D eigenvalue weighted by Crippen LogP contribution is -2.29. The van der Waals surface area contributed by atoms with Gasteiger partial charge in [-0.15, -0.1) is 10.2 Å². The molecule has 1 amide bonds. The number of aromatic hydroxyl groups is 1. The van der Waals surface area contributed by atoms with E-state index in [1.807, 2.05) is 36.4 Å². The van der Waals surface area contributed by atoms with E-state index in [4.69, 9.17) is 9.47 Å². The molecular formula is C32H24FN3O6S2. The van der Waals surface area contributed by atoms with Gasteiger partial charge in [-0.05, 0) is 52.2 Å². The van der Waals surface area contributed by atoms with Crippen LogP contribution in [0.1, 0.15) is 22.7 Å². The second kappa shape index (κ2) is 12.0. The Labute approximate surface area is 259 Å². The number of ether oxygens (including phenoxy) is 2. The van der Waals surface area contributed by atoms with Crippen molar-refractivity contribution in [1.29, 1.82) is 0 Å². The quantitative estimate of drug-likeness (QED) is 0.0654. The second-order valence-electron chi connectivity index (χ2n) is 9.73. The number of aliphatic hydroxyl groups is 1. The molecular weight excluding hydrogens is 605 g/mol. The molecule has 6 rings (SSSR count). The van der Waals surface area contributed by atoms with E-state index < -0.39 is 29.3 Å². The molecule has 2 heterocycles. The largest absolute Gasteiger partial charge is 0.507 e. The number of Topliss-reactive ketones (excluding diaryl/α,β-unsaturated/α-hetero) is 1. The standard InChI is InChI=1S/C32H24FN3O6S2/c1-41-24-13-11-19(14-22(24)33)28(38)26-27(18-10-12-23(37)25(15-18)42-2)36(30(40)29(26)39)31-34-35-32(44-31)43-16-20-8-5-7-17-6-3-4-9-21(17)20/h3-15,27,37-38H,16H2,1-2H3/t27-/m1/s1. The number of ketones is 1. The number of thioether (sulfide) groups is 1. The topological polar surface area (TPSA) is 122 Å². The van der Waals surface area contributed by atoms with Crippen LogP contribution in [-0.4, -0.2) is 46.3 Å². The van der Waals surface area contributed by atoms with Gasteiger partial charge in [0.25, 0.3) is 5.78 Å². The van der Waals surface area contributed by atoms with Crippen molar-refractivity contribution in [2.45, 2.75) is 16.1 Å². The van der Waals surface area contributed by atoms with E-state index in [0.29, 0.717) is 15.7 Å². The number of aliphatic hydroxyl groups excluding tert-OH is 1. The van der Waals surface area contributed by atoms with Crippen molar-refractivity contribution >= 4 is 56.5 Å². The fourth-order valence-electron chi connectivity index (χ4n) is 5.09. The number of hydrogen-bond acceptors (Lipinski definition) is 10. The lowest BCUT2D eigenvalue weighted by Gasteiger charge is -2.23. The van der Waals surface area contributed by atoms with Crippen LogP contribution in [0.2, 0.25) is 0 Å². The molecule has 1 fully saturated rings. The number of amides is 1. The van der Waals surface area contributed by atoms with Crippen LogP contribution in [-0.2, 0) is 15.3 Å². The highest BCUT2D eigenvalue weighted by Gasteiger charge is 2.48. The Kier molecular flexibility index (Phi) is 7.93. The van der Waals surface area contributed by atoms with Crippen molar-refractivity contribution in [2.24, 2.45) is 0 Å². The summed E-state index contributed by atoms with van der Waals surface area (Å²) in [6.45, 7) is 0.